The van der Waals surface area contributed by atoms with Gasteiger partial charge in [-0.3, -0.25) is 0 Å². The molecule has 0 aromatic heterocycles. The highest BCUT2D eigenvalue weighted by atomic mass is 14.7. The molecule has 1 nitrogen and oxygen atoms in total. The minimum atomic E-state index is 0.379. The van der Waals surface area contributed by atoms with Gasteiger partial charge in [0.15, 0.2) is 0 Å². The summed E-state index contributed by atoms with van der Waals surface area (Å²) in [4.78, 5) is 0. The molecule has 84 valence electrons. The molecule has 0 aliphatic heterocycles. The van der Waals surface area contributed by atoms with E-state index >= 15 is 0 Å². The van der Waals surface area contributed by atoms with Gasteiger partial charge < -0.3 is 5.73 Å². The standard InChI is InChI=1S/C13H27N/c1-5-10-8-6-7-9-11(14)12(10)13(2,3)4/h10-12H,5-9,14H2,1-4H3. The first-order valence-corrected chi connectivity index (χ1v) is 6.22. The van der Waals surface area contributed by atoms with Crippen LogP contribution >= 0.6 is 0 Å². The molecule has 0 spiro atoms. The van der Waals surface area contributed by atoms with Gasteiger partial charge in [-0.2, -0.15) is 0 Å². The molecular formula is C13H27N. The first-order valence-electron chi connectivity index (χ1n) is 6.22. The molecule has 3 atom stereocenters. The molecular weight excluding hydrogens is 170 g/mol. The van der Waals surface area contributed by atoms with Crippen molar-refractivity contribution >= 4 is 0 Å². The van der Waals surface area contributed by atoms with Gasteiger partial charge in [0.2, 0.25) is 0 Å². The second-order valence-electron chi connectivity index (χ2n) is 6.01. The molecule has 1 rings (SSSR count). The van der Waals surface area contributed by atoms with Crippen LogP contribution in [-0.4, -0.2) is 6.04 Å². The third-order valence-electron chi connectivity index (χ3n) is 3.86. The maximum Gasteiger partial charge on any atom is 0.00748 e. The fraction of sp³-hybridized carbons (Fsp3) is 1.00. The van der Waals surface area contributed by atoms with E-state index < -0.39 is 0 Å². The summed E-state index contributed by atoms with van der Waals surface area (Å²) in [5.41, 5.74) is 6.71. The van der Waals surface area contributed by atoms with E-state index in [1.807, 2.05) is 0 Å². The number of rotatable bonds is 1. The molecule has 0 amide bonds. The Balaban J connectivity index is 2.80. The number of nitrogens with two attached hydrogens (primary N) is 1. The van der Waals surface area contributed by atoms with Gasteiger partial charge in [0.25, 0.3) is 0 Å². The third-order valence-corrected chi connectivity index (χ3v) is 3.86. The zero-order valence-corrected chi connectivity index (χ0v) is 10.3. The second kappa shape index (κ2) is 4.65. The van der Waals surface area contributed by atoms with Crippen molar-refractivity contribution in [2.75, 3.05) is 0 Å². The number of hydrogen-bond acceptors (Lipinski definition) is 1. The van der Waals surface area contributed by atoms with Gasteiger partial charge in [-0.15, -0.1) is 0 Å². The van der Waals surface area contributed by atoms with E-state index in [-0.39, 0.29) is 0 Å². The maximum atomic E-state index is 6.33. The maximum absolute atomic E-state index is 6.33. The molecule has 1 saturated carbocycles. The van der Waals surface area contributed by atoms with E-state index in [9.17, 15) is 0 Å². The summed E-state index contributed by atoms with van der Waals surface area (Å²) in [6.07, 6.45) is 6.66. The van der Waals surface area contributed by atoms with E-state index in [0.29, 0.717) is 11.5 Å². The Hall–Kier alpha value is -0.0400. The Bertz CT molecular complexity index is 169. The molecule has 1 aliphatic rings. The van der Waals surface area contributed by atoms with Crippen LogP contribution < -0.4 is 5.73 Å². The quantitative estimate of drug-likeness (QED) is 0.639. The van der Waals surface area contributed by atoms with Crippen molar-refractivity contribution < 1.29 is 0 Å². The Morgan fingerprint density at radius 2 is 1.71 bits per heavy atom. The highest BCUT2D eigenvalue weighted by Gasteiger charge is 2.36. The Labute approximate surface area is 89.5 Å². The van der Waals surface area contributed by atoms with E-state index in [0.717, 1.165) is 11.8 Å². The van der Waals surface area contributed by atoms with Gasteiger partial charge in [-0.05, 0) is 23.7 Å². The molecule has 1 heteroatoms. The van der Waals surface area contributed by atoms with Crippen molar-refractivity contribution in [2.45, 2.75) is 65.8 Å². The van der Waals surface area contributed by atoms with Crippen molar-refractivity contribution in [3.05, 3.63) is 0 Å². The van der Waals surface area contributed by atoms with Crippen molar-refractivity contribution in [3.63, 3.8) is 0 Å². The van der Waals surface area contributed by atoms with Gasteiger partial charge in [0, 0.05) is 6.04 Å². The summed E-state index contributed by atoms with van der Waals surface area (Å²) in [6.45, 7) is 9.38. The molecule has 0 aromatic rings. The Morgan fingerprint density at radius 1 is 1.14 bits per heavy atom. The summed E-state index contributed by atoms with van der Waals surface area (Å²) in [5.74, 6) is 1.57. The summed E-state index contributed by atoms with van der Waals surface area (Å²) < 4.78 is 0. The van der Waals surface area contributed by atoms with Crippen LogP contribution in [0.4, 0.5) is 0 Å². The lowest BCUT2D eigenvalue weighted by Gasteiger charge is -2.39. The van der Waals surface area contributed by atoms with Crippen LogP contribution in [0.3, 0.4) is 0 Å². The second-order valence-corrected chi connectivity index (χ2v) is 6.01. The molecule has 0 bridgehead atoms. The van der Waals surface area contributed by atoms with Crippen molar-refractivity contribution in [1.29, 1.82) is 0 Å². The molecule has 2 N–H and O–H groups in total. The van der Waals surface area contributed by atoms with Crippen molar-refractivity contribution in [2.24, 2.45) is 23.0 Å². The van der Waals surface area contributed by atoms with Crippen LogP contribution in [0.5, 0.6) is 0 Å². The Kier molecular flexibility index (Phi) is 4.00. The van der Waals surface area contributed by atoms with Crippen molar-refractivity contribution in [3.8, 4) is 0 Å². The molecule has 14 heavy (non-hydrogen) atoms. The molecule has 3 unspecified atom stereocenters. The lowest BCUT2D eigenvalue weighted by atomic mass is 9.68. The van der Waals surface area contributed by atoms with Gasteiger partial charge in [0.1, 0.15) is 0 Å². The lowest BCUT2D eigenvalue weighted by Crippen LogP contribution is -2.41. The van der Waals surface area contributed by atoms with Crippen LogP contribution in [-0.2, 0) is 0 Å². The van der Waals surface area contributed by atoms with E-state index in [4.69, 9.17) is 5.73 Å². The van der Waals surface area contributed by atoms with Crippen molar-refractivity contribution in [1.82, 2.24) is 0 Å². The minimum Gasteiger partial charge on any atom is -0.327 e. The van der Waals surface area contributed by atoms with E-state index in [1.165, 1.54) is 32.1 Å². The van der Waals surface area contributed by atoms with Crippen LogP contribution in [0.15, 0.2) is 0 Å². The van der Waals surface area contributed by atoms with Gasteiger partial charge in [-0.25, -0.2) is 0 Å². The van der Waals surface area contributed by atoms with Crippen LogP contribution in [0.1, 0.15) is 59.8 Å². The monoisotopic (exact) mass is 197 g/mol. The SMILES string of the molecule is CCC1CCCCC(N)C1C(C)(C)C. The van der Waals surface area contributed by atoms with Gasteiger partial charge in [0.05, 0.1) is 0 Å². The van der Waals surface area contributed by atoms with Gasteiger partial charge in [-0.1, -0.05) is 53.4 Å². The molecule has 0 aromatic carbocycles. The largest absolute Gasteiger partial charge is 0.327 e. The summed E-state index contributed by atoms with van der Waals surface area (Å²) in [7, 11) is 0. The molecule has 0 radical (unpaired) electrons. The number of hydrogen-bond donors (Lipinski definition) is 1. The predicted octanol–water partition coefficient (Wildman–Crippen LogP) is 3.58. The molecule has 0 heterocycles. The minimum absolute atomic E-state index is 0.379. The van der Waals surface area contributed by atoms with Crippen LogP contribution in [0.25, 0.3) is 0 Å². The zero-order chi connectivity index (χ0) is 10.8. The van der Waals surface area contributed by atoms with Crippen LogP contribution in [0.2, 0.25) is 0 Å². The predicted molar refractivity (Wildman–Crippen MR) is 63.2 cm³/mol. The third kappa shape index (κ3) is 2.73. The highest BCUT2D eigenvalue weighted by molar-refractivity contribution is 4.89. The summed E-state index contributed by atoms with van der Waals surface area (Å²) in [5, 5.41) is 0. The zero-order valence-electron chi connectivity index (χ0n) is 10.3. The highest BCUT2D eigenvalue weighted by Crippen LogP contribution is 2.41. The van der Waals surface area contributed by atoms with Crippen LogP contribution in [0, 0.1) is 17.3 Å². The van der Waals surface area contributed by atoms with Gasteiger partial charge >= 0.3 is 0 Å². The topological polar surface area (TPSA) is 26.0 Å². The fourth-order valence-corrected chi connectivity index (χ4v) is 3.30. The molecule has 1 fully saturated rings. The normalized spacial score (nSPS) is 35.4. The van der Waals surface area contributed by atoms with E-state index in [1.54, 1.807) is 0 Å². The first-order chi connectivity index (χ1) is 6.46. The first kappa shape index (κ1) is 12.0. The smallest absolute Gasteiger partial charge is 0.00748 e. The average Bonchev–Trinajstić information content (AvgIpc) is 2.24. The molecule has 1 aliphatic carbocycles. The lowest BCUT2D eigenvalue weighted by molar-refractivity contribution is 0.123. The summed E-state index contributed by atoms with van der Waals surface area (Å²) >= 11 is 0. The summed E-state index contributed by atoms with van der Waals surface area (Å²) in [6, 6.07) is 0.433. The fourth-order valence-electron chi connectivity index (χ4n) is 3.30. The molecule has 0 saturated heterocycles. The Morgan fingerprint density at radius 3 is 2.21 bits per heavy atom. The average molecular weight is 197 g/mol. The van der Waals surface area contributed by atoms with E-state index in [2.05, 4.69) is 27.7 Å².